The van der Waals surface area contributed by atoms with Gasteiger partial charge < -0.3 is 5.32 Å². The molecule has 1 N–H and O–H groups in total. The Kier molecular flexibility index (Phi) is 4.61. The number of thiophene rings is 1. The molecular weight excluding hydrogens is 269 g/mol. The predicted molar refractivity (Wildman–Crippen MR) is 84.5 cm³/mol. The van der Waals surface area contributed by atoms with Crippen LogP contribution in [0.5, 0.6) is 0 Å². The molecule has 0 spiro atoms. The molecule has 108 valence electrons. The van der Waals surface area contributed by atoms with E-state index in [1.165, 1.54) is 21.9 Å². The first kappa shape index (κ1) is 15.2. The SMILES string of the molecule is Cc1ccc(CNC(c2ccc(F)cc2)C(C)(C)C)s1. The molecule has 1 nitrogen and oxygen atoms in total. The summed E-state index contributed by atoms with van der Waals surface area (Å²) in [6.45, 7) is 9.57. The molecule has 1 heterocycles. The second kappa shape index (κ2) is 6.06. The van der Waals surface area contributed by atoms with Gasteiger partial charge in [-0.3, -0.25) is 0 Å². The highest BCUT2D eigenvalue weighted by Gasteiger charge is 2.25. The van der Waals surface area contributed by atoms with E-state index < -0.39 is 0 Å². The molecule has 2 rings (SSSR count). The Hall–Kier alpha value is -1.19. The van der Waals surface area contributed by atoms with Crippen molar-refractivity contribution in [1.29, 1.82) is 0 Å². The Morgan fingerprint density at radius 3 is 2.25 bits per heavy atom. The van der Waals surface area contributed by atoms with E-state index >= 15 is 0 Å². The van der Waals surface area contributed by atoms with Gasteiger partial charge in [-0.05, 0) is 42.2 Å². The number of hydrogen-bond donors (Lipinski definition) is 1. The highest BCUT2D eigenvalue weighted by Crippen LogP contribution is 2.33. The summed E-state index contributed by atoms with van der Waals surface area (Å²) >= 11 is 1.82. The Bertz CT molecular complexity index is 551. The van der Waals surface area contributed by atoms with Crippen molar-refractivity contribution in [3.05, 3.63) is 57.5 Å². The molecule has 1 aromatic heterocycles. The van der Waals surface area contributed by atoms with Crippen LogP contribution < -0.4 is 5.32 Å². The van der Waals surface area contributed by atoms with Gasteiger partial charge in [-0.25, -0.2) is 4.39 Å². The molecule has 3 heteroatoms. The van der Waals surface area contributed by atoms with Gasteiger partial charge in [0.25, 0.3) is 0 Å². The Morgan fingerprint density at radius 1 is 1.10 bits per heavy atom. The van der Waals surface area contributed by atoms with Crippen molar-refractivity contribution in [2.75, 3.05) is 0 Å². The largest absolute Gasteiger partial charge is 0.305 e. The quantitative estimate of drug-likeness (QED) is 0.829. The molecule has 1 unspecified atom stereocenters. The molecule has 0 radical (unpaired) electrons. The van der Waals surface area contributed by atoms with Crippen molar-refractivity contribution >= 4 is 11.3 Å². The van der Waals surface area contributed by atoms with Crippen molar-refractivity contribution in [2.45, 2.75) is 40.3 Å². The van der Waals surface area contributed by atoms with Crippen LogP contribution >= 0.6 is 11.3 Å². The van der Waals surface area contributed by atoms with Gasteiger partial charge in [0.05, 0.1) is 0 Å². The second-order valence-corrected chi connectivity index (χ2v) is 7.62. The summed E-state index contributed by atoms with van der Waals surface area (Å²) in [5.74, 6) is -0.185. The third-order valence-electron chi connectivity index (χ3n) is 3.35. The molecule has 0 saturated carbocycles. The number of nitrogens with one attached hydrogen (secondary N) is 1. The minimum Gasteiger partial charge on any atom is -0.305 e. The molecule has 1 atom stereocenters. The minimum atomic E-state index is -0.185. The number of hydrogen-bond acceptors (Lipinski definition) is 2. The molecule has 0 amide bonds. The van der Waals surface area contributed by atoms with E-state index in [0.29, 0.717) is 0 Å². The van der Waals surface area contributed by atoms with E-state index in [2.05, 4.69) is 45.1 Å². The Balaban J connectivity index is 2.14. The summed E-state index contributed by atoms with van der Waals surface area (Å²) < 4.78 is 13.1. The van der Waals surface area contributed by atoms with Gasteiger partial charge in [-0.15, -0.1) is 11.3 Å². The summed E-state index contributed by atoms with van der Waals surface area (Å²) in [6.07, 6.45) is 0. The first-order valence-corrected chi connectivity index (χ1v) is 7.72. The van der Waals surface area contributed by atoms with Crippen LogP contribution in [0.2, 0.25) is 0 Å². The van der Waals surface area contributed by atoms with Crippen LogP contribution in [0.15, 0.2) is 36.4 Å². The van der Waals surface area contributed by atoms with Gasteiger partial charge in [-0.1, -0.05) is 32.9 Å². The molecule has 0 fully saturated rings. The summed E-state index contributed by atoms with van der Waals surface area (Å²) in [5.41, 5.74) is 1.21. The fraction of sp³-hybridized carbons (Fsp3) is 0.412. The lowest BCUT2D eigenvalue weighted by Gasteiger charge is -2.32. The van der Waals surface area contributed by atoms with Gasteiger partial charge in [0.15, 0.2) is 0 Å². The summed E-state index contributed by atoms with van der Waals surface area (Å²) in [6, 6.07) is 11.3. The molecule has 0 aliphatic carbocycles. The molecule has 0 bridgehead atoms. The molecule has 20 heavy (non-hydrogen) atoms. The van der Waals surface area contributed by atoms with Crippen molar-refractivity contribution in [1.82, 2.24) is 5.32 Å². The number of rotatable bonds is 4. The van der Waals surface area contributed by atoms with E-state index in [0.717, 1.165) is 12.1 Å². The minimum absolute atomic E-state index is 0.0735. The van der Waals surface area contributed by atoms with E-state index in [1.807, 2.05) is 23.5 Å². The van der Waals surface area contributed by atoms with Gasteiger partial charge in [0.2, 0.25) is 0 Å². The standard InChI is InChI=1S/C17H22FNS/c1-12-5-10-15(20-12)11-19-16(17(2,3)4)13-6-8-14(18)9-7-13/h5-10,16,19H,11H2,1-4H3. The first-order valence-electron chi connectivity index (χ1n) is 6.90. The molecule has 0 saturated heterocycles. The zero-order chi connectivity index (χ0) is 14.8. The average Bonchev–Trinajstić information content (AvgIpc) is 2.76. The molecular formula is C17H22FNS. The predicted octanol–water partition coefficient (Wildman–Crippen LogP) is 5.07. The van der Waals surface area contributed by atoms with Crippen molar-refractivity contribution in [3.63, 3.8) is 0 Å². The van der Waals surface area contributed by atoms with Crippen molar-refractivity contribution in [3.8, 4) is 0 Å². The van der Waals surface area contributed by atoms with E-state index in [-0.39, 0.29) is 17.3 Å². The summed E-state index contributed by atoms with van der Waals surface area (Å²) in [4.78, 5) is 2.66. The maximum absolute atomic E-state index is 13.1. The topological polar surface area (TPSA) is 12.0 Å². The Morgan fingerprint density at radius 2 is 1.75 bits per heavy atom. The lowest BCUT2D eigenvalue weighted by molar-refractivity contribution is 0.271. The molecule has 2 aromatic rings. The molecule has 0 aliphatic heterocycles. The zero-order valence-electron chi connectivity index (χ0n) is 12.5. The van der Waals surface area contributed by atoms with Crippen LogP contribution in [0, 0.1) is 18.2 Å². The second-order valence-electron chi connectivity index (χ2n) is 6.24. The fourth-order valence-corrected chi connectivity index (χ4v) is 3.20. The third kappa shape index (κ3) is 3.90. The summed E-state index contributed by atoms with van der Waals surface area (Å²) in [5, 5.41) is 3.61. The van der Waals surface area contributed by atoms with Gasteiger partial charge in [0, 0.05) is 22.3 Å². The normalized spacial score (nSPS) is 13.4. The number of halogens is 1. The van der Waals surface area contributed by atoms with Crippen molar-refractivity contribution in [2.24, 2.45) is 5.41 Å². The smallest absolute Gasteiger partial charge is 0.123 e. The zero-order valence-corrected chi connectivity index (χ0v) is 13.4. The maximum Gasteiger partial charge on any atom is 0.123 e. The van der Waals surface area contributed by atoms with Crippen LogP contribution in [0.3, 0.4) is 0 Å². The van der Waals surface area contributed by atoms with Crippen LogP contribution in [-0.4, -0.2) is 0 Å². The van der Waals surface area contributed by atoms with E-state index in [1.54, 1.807) is 0 Å². The lowest BCUT2D eigenvalue weighted by atomic mass is 9.82. The number of benzene rings is 1. The third-order valence-corrected chi connectivity index (χ3v) is 4.35. The van der Waals surface area contributed by atoms with Crippen LogP contribution in [0.25, 0.3) is 0 Å². The van der Waals surface area contributed by atoms with Gasteiger partial charge in [0.1, 0.15) is 5.82 Å². The lowest BCUT2D eigenvalue weighted by Crippen LogP contribution is -2.31. The molecule has 1 aromatic carbocycles. The van der Waals surface area contributed by atoms with E-state index in [9.17, 15) is 4.39 Å². The average molecular weight is 291 g/mol. The van der Waals surface area contributed by atoms with Crippen LogP contribution in [0.1, 0.15) is 42.1 Å². The monoisotopic (exact) mass is 291 g/mol. The summed E-state index contributed by atoms with van der Waals surface area (Å²) in [7, 11) is 0. The number of aryl methyl sites for hydroxylation is 1. The van der Waals surface area contributed by atoms with Crippen LogP contribution in [0.4, 0.5) is 4.39 Å². The highest BCUT2D eigenvalue weighted by atomic mass is 32.1. The Labute approximate surface area is 124 Å². The van der Waals surface area contributed by atoms with Gasteiger partial charge >= 0.3 is 0 Å². The van der Waals surface area contributed by atoms with Gasteiger partial charge in [-0.2, -0.15) is 0 Å². The van der Waals surface area contributed by atoms with E-state index in [4.69, 9.17) is 0 Å². The molecule has 0 aliphatic rings. The first-order chi connectivity index (χ1) is 9.36. The fourth-order valence-electron chi connectivity index (χ4n) is 2.36. The van der Waals surface area contributed by atoms with Crippen molar-refractivity contribution < 1.29 is 4.39 Å². The van der Waals surface area contributed by atoms with Crippen LogP contribution in [-0.2, 0) is 6.54 Å². The maximum atomic E-state index is 13.1. The highest BCUT2D eigenvalue weighted by molar-refractivity contribution is 7.11.